The van der Waals surface area contributed by atoms with E-state index in [1.54, 1.807) is 11.3 Å². The zero-order valence-corrected chi connectivity index (χ0v) is 14.6. The van der Waals surface area contributed by atoms with Crippen LogP contribution in [-0.4, -0.2) is 20.0 Å². The molecule has 0 bridgehead atoms. The van der Waals surface area contributed by atoms with E-state index in [2.05, 4.69) is 57.1 Å². The predicted molar refractivity (Wildman–Crippen MR) is 105 cm³/mol. The fraction of sp³-hybridized carbons (Fsp3) is 0. The van der Waals surface area contributed by atoms with Crippen molar-refractivity contribution < 1.29 is 0 Å². The molecule has 5 heteroatoms. The highest BCUT2D eigenvalue weighted by molar-refractivity contribution is 7.13. The minimum atomic E-state index is 0.809. The molecule has 0 aliphatic heterocycles. The van der Waals surface area contributed by atoms with Gasteiger partial charge in [-0.15, -0.1) is 16.4 Å². The molecule has 0 spiro atoms. The van der Waals surface area contributed by atoms with Crippen molar-refractivity contribution in [1.29, 1.82) is 0 Å². The number of aromatic nitrogens is 4. The third kappa shape index (κ3) is 2.59. The Labute approximate surface area is 154 Å². The lowest BCUT2D eigenvalue weighted by molar-refractivity contribution is 0.808. The van der Waals surface area contributed by atoms with Crippen LogP contribution in [0, 0.1) is 0 Å². The summed E-state index contributed by atoms with van der Waals surface area (Å²) < 4.78 is 1.83. The van der Waals surface area contributed by atoms with E-state index in [0.717, 1.165) is 27.9 Å². The molecule has 0 atom stereocenters. The van der Waals surface area contributed by atoms with Crippen molar-refractivity contribution in [3.63, 3.8) is 0 Å². The van der Waals surface area contributed by atoms with Gasteiger partial charge in [-0.25, -0.2) is 4.68 Å². The van der Waals surface area contributed by atoms with Crippen molar-refractivity contribution in [1.82, 2.24) is 20.0 Å². The molecule has 0 N–H and O–H groups in total. The Kier molecular flexibility index (Phi) is 3.57. The Bertz CT molecular complexity index is 1190. The molecule has 0 amide bonds. The molecule has 3 heterocycles. The van der Waals surface area contributed by atoms with Crippen molar-refractivity contribution in [3.05, 3.63) is 84.6 Å². The molecule has 26 heavy (non-hydrogen) atoms. The Balaban J connectivity index is 1.58. The Morgan fingerprint density at radius 1 is 0.846 bits per heavy atom. The van der Waals surface area contributed by atoms with Crippen molar-refractivity contribution >= 4 is 22.1 Å². The molecule has 0 aliphatic rings. The van der Waals surface area contributed by atoms with E-state index in [-0.39, 0.29) is 0 Å². The topological polar surface area (TPSA) is 43.6 Å². The second-order valence-corrected chi connectivity index (χ2v) is 6.93. The summed E-state index contributed by atoms with van der Waals surface area (Å²) in [6.07, 6.45) is 5.66. The first-order valence-corrected chi connectivity index (χ1v) is 9.16. The van der Waals surface area contributed by atoms with Gasteiger partial charge in [0.1, 0.15) is 5.69 Å². The quantitative estimate of drug-likeness (QED) is 0.447. The monoisotopic (exact) mass is 354 g/mol. The van der Waals surface area contributed by atoms with Crippen molar-refractivity contribution in [2.75, 3.05) is 0 Å². The van der Waals surface area contributed by atoms with E-state index in [0.29, 0.717) is 0 Å². The molecule has 4 nitrogen and oxygen atoms in total. The number of hydrogen-bond donors (Lipinski definition) is 0. The molecule has 5 aromatic rings. The normalized spacial score (nSPS) is 11.1. The molecule has 5 rings (SSSR count). The molecule has 3 aromatic heterocycles. The van der Waals surface area contributed by atoms with Gasteiger partial charge in [-0.05, 0) is 29.0 Å². The van der Waals surface area contributed by atoms with Gasteiger partial charge in [0.05, 0.1) is 11.9 Å². The van der Waals surface area contributed by atoms with Crippen LogP contribution >= 0.6 is 11.3 Å². The highest BCUT2D eigenvalue weighted by Crippen LogP contribution is 2.28. The van der Waals surface area contributed by atoms with Gasteiger partial charge in [0.25, 0.3) is 0 Å². The lowest BCUT2D eigenvalue weighted by atomic mass is 10.1. The lowest BCUT2D eigenvalue weighted by Crippen LogP contribution is -1.95. The Morgan fingerprint density at radius 2 is 1.73 bits per heavy atom. The zero-order chi connectivity index (χ0) is 17.3. The van der Waals surface area contributed by atoms with Crippen molar-refractivity contribution in [3.8, 4) is 27.4 Å². The maximum Gasteiger partial charge on any atom is 0.115 e. The smallest absolute Gasteiger partial charge is 0.115 e. The molecule has 0 fully saturated rings. The summed E-state index contributed by atoms with van der Waals surface area (Å²) in [6.45, 7) is 0. The summed E-state index contributed by atoms with van der Waals surface area (Å²) in [5, 5.41) is 13.1. The fourth-order valence-corrected chi connectivity index (χ4v) is 3.79. The third-order valence-corrected chi connectivity index (χ3v) is 5.27. The maximum atomic E-state index is 4.38. The molecule has 0 saturated heterocycles. The van der Waals surface area contributed by atoms with E-state index < -0.39 is 0 Å². The average Bonchev–Trinajstić information content (AvgIpc) is 3.40. The zero-order valence-electron chi connectivity index (χ0n) is 13.8. The number of pyridine rings is 1. The van der Waals surface area contributed by atoms with Gasteiger partial charge in [0.2, 0.25) is 0 Å². The van der Waals surface area contributed by atoms with Crippen LogP contribution in [-0.2, 0) is 0 Å². The summed E-state index contributed by atoms with van der Waals surface area (Å²) in [5.41, 5.74) is 3.88. The SMILES string of the molecule is c1csc(-c2cncc(-c3cn(-c4cccc5ccccc45)nn3)c2)c1. The number of hydrogen-bond acceptors (Lipinski definition) is 4. The summed E-state index contributed by atoms with van der Waals surface area (Å²) in [5.74, 6) is 0. The molecular formula is C21H14N4S. The predicted octanol–water partition coefficient (Wildman–Crippen LogP) is 5.21. The Hall–Kier alpha value is -3.31. The standard InChI is InChI=1S/C21H14N4S/c1-2-7-18-15(5-1)6-3-8-20(18)25-14-19(23-24-25)16-11-17(13-22-12-16)21-9-4-10-26-21/h1-14H. The first-order valence-electron chi connectivity index (χ1n) is 8.28. The van der Waals surface area contributed by atoms with E-state index >= 15 is 0 Å². The van der Waals surface area contributed by atoms with Crippen molar-refractivity contribution in [2.24, 2.45) is 0 Å². The number of nitrogens with zero attached hydrogens (tertiary/aromatic N) is 4. The van der Waals surface area contributed by atoms with E-state index in [1.165, 1.54) is 10.3 Å². The van der Waals surface area contributed by atoms with Gasteiger partial charge < -0.3 is 0 Å². The number of benzene rings is 2. The minimum Gasteiger partial charge on any atom is -0.263 e. The van der Waals surface area contributed by atoms with Crippen LogP contribution in [0.4, 0.5) is 0 Å². The maximum absolute atomic E-state index is 4.38. The summed E-state index contributed by atoms with van der Waals surface area (Å²) in [6, 6.07) is 20.7. The molecule has 0 saturated carbocycles. The van der Waals surface area contributed by atoms with Crippen LogP contribution in [0.25, 0.3) is 38.2 Å². The minimum absolute atomic E-state index is 0.809. The van der Waals surface area contributed by atoms with Crippen LogP contribution in [0.2, 0.25) is 0 Å². The highest BCUT2D eigenvalue weighted by Gasteiger charge is 2.10. The molecule has 124 valence electrons. The van der Waals surface area contributed by atoms with Crippen molar-refractivity contribution in [2.45, 2.75) is 0 Å². The largest absolute Gasteiger partial charge is 0.263 e. The Morgan fingerprint density at radius 3 is 2.65 bits per heavy atom. The first kappa shape index (κ1) is 15.0. The number of rotatable bonds is 3. The van der Waals surface area contributed by atoms with Gasteiger partial charge in [0, 0.05) is 33.8 Å². The van der Waals surface area contributed by atoms with E-state index in [1.807, 2.05) is 47.5 Å². The van der Waals surface area contributed by atoms with Gasteiger partial charge in [0.15, 0.2) is 0 Å². The second kappa shape index (κ2) is 6.20. The van der Waals surface area contributed by atoms with Gasteiger partial charge in [-0.3, -0.25) is 4.98 Å². The van der Waals surface area contributed by atoms with Gasteiger partial charge >= 0.3 is 0 Å². The lowest BCUT2D eigenvalue weighted by Gasteiger charge is -2.05. The van der Waals surface area contributed by atoms with Gasteiger partial charge in [-0.2, -0.15) is 0 Å². The number of thiophene rings is 1. The molecule has 2 aromatic carbocycles. The molecule has 0 radical (unpaired) electrons. The van der Waals surface area contributed by atoms with E-state index in [9.17, 15) is 0 Å². The summed E-state index contributed by atoms with van der Waals surface area (Å²) in [4.78, 5) is 5.57. The molecule has 0 unspecified atom stereocenters. The van der Waals surface area contributed by atoms with Crippen LogP contribution < -0.4 is 0 Å². The van der Waals surface area contributed by atoms with Crippen LogP contribution in [0.5, 0.6) is 0 Å². The number of fused-ring (bicyclic) bond motifs is 1. The van der Waals surface area contributed by atoms with Crippen LogP contribution in [0.3, 0.4) is 0 Å². The van der Waals surface area contributed by atoms with Gasteiger partial charge in [-0.1, -0.05) is 47.7 Å². The first-order chi connectivity index (χ1) is 12.9. The van der Waals surface area contributed by atoms with E-state index in [4.69, 9.17) is 0 Å². The van der Waals surface area contributed by atoms with Crippen LogP contribution in [0.1, 0.15) is 0 Å². The molecule has 0 aliphatic carbocycles. The highest BCUT2D eigenvalue weighted by atomic mass is 32.1. The summed E-state index contributed by atoms with van der Waals surface area (Å²) in [7, 11) is 0. The van der Waals surface area contributed by atoms with Crippen LogP contribution in [0.15, 0.2) is 84.6 Å². The summed E-state index contributed by atoms with van der Waals surface area (Å²) >= 11 is 1.70. The third-order valence-electron chi connectivity index (χ3n) is 4.35. The second-order valence-electron chi connectivity index (χ2n) is 5.99. The fourth-order valence-electron chi connectivity index (χ4n) is 3.08. The molecular weight excluding hydrogens is 340 g/mol. The average molecular weight is 354 g/mol.